The molecule has 0 amide bonds. The first-order chi connectivity index (χ1) is 9.42. The van der Waals surface area contributed by atoms with Crippen molar-refractivity contribution in [3.05, 3.63) is 27.9 Å². The molecule has 1 aliphatic carbocycles. The summed E-state index contributed by atoms with van der Waals surface area (Å²) in [6.45, 7) is 4.49. The topological polar surface area (TPSA) is 88.3 Å². The number of anilines is 1. The van der Waals surface area contributed by atoms with E-state index in [1.165, 1.54) is 12.3 Å². The Bertz CT molecular complexity index is 506. The number of aliphatic hydroxyl groups is 1. The lowest BCUT2D eigenvalue weighted by Gasteiger charge is -2.38. The van der Waals surface area contributed by atoms with Crippen molar-refractivity contribution in [2.75, 3.05) is 11.9 Å². The second kappa shape index (κ2) is 5.75. The number of rotatable bonds is 4. The van der Waals surface area contributed by atoms with Gasteiger partial charge in [0.25, 0.3) is 5.69 Å². The summed E-state index contributed by atoms with van der Waals surface area (Å²) in [6, 6.07) is 1.51. The van der Waals surface area contributed by atoms with Crippen LogP contribution in [0.4, 0.5) is 11.5 Å². The summed E-state index contributed by atoms with van der Waals surface area (Å²) in [7, 11) is 0. The number of nitrogens with one attached hydrogen (secondary N) is 1. The molecule has 1 aromatic heterocycles. The van der Waals surface area contributed by atoms with Gasteiger partial charge in [0.05, 0.1) is 11.0 Å². The van der Waals surface area contributed by atoms with Gasteiger partial charge in [0, 0.05) is 18.0 Å². The van der Waals surface area contributed by atoms with E-state index in [1.54, 1.807) is 6.92 Å². The zero-order chi connectivity index (χ0) is 14.8. The number of hydrogen-bond acceptors (Lipinski definition) is 5. The van der Waals surface area contributed by atoms with Crippen LogP contribution < -0.4 is 5.32 Å². The van der Waals surface area contributed by atoms with Gasteiger partial charge in [0.15, 0.2) is 0 Å². The van der Waals surface area contributed by atoms with Crippen LogP contribution in [-0.4, -0.2) is 27.7 Å². The zero-order valence-electron chi connectivity index (χ0n) is 11.9. The fraction of sp³-hybridized carbons (Fsp3) is 0.643. The maximum absolute atomic E-state index is 10.7. The second-order valence-electron chi connectivity index (χ2n) is 5.89. The predicted molar refractivity (Wildman–Crippen MR) is 76.7 cm³/mol. The standard InChI is InChI=1S/C14H21N3O3/c1-10-7-11(17(19)20)8-15-13(10)16-9-14(2)6-4-3-5-12(14)18/h7-8,12,18H,3-6,9H2,1-2H3,(H,15,16). The molecule has 1 saturated carbocycles. The van der Waals surface area contributed by atoms with Gasteiger partial charge in [-0.3, -0.25) is 10.1 Å². The van der Waals surface area contributed by atoms with Gasteiger partial charge >= 0.3 is 0 Å². The maximum atomic E-state index is 10.7. The van der Waals surface area contributed by atoms with E-state index < -0.39 is 4.92 Å². The van der Waals surface area contributed by atoms with Crippen LogP contribution in [-0.2, 0) is 0 Å². The van der Waals surface area contributed by atoms with Gasteiger partial charge in [-0.05, 0) is 25.3 Å². The maximum Gasteiger partial charge on any atom is 0.287 e. The highest BCUT2D eigenvalue weighted by Gasteiger charge is 2.35. The van der Waals surface area contributed by atoms with Crippen LogP contribution in [0.5, 0.6) is 0 Å². The quantitative estimate of drug-likeness (QED) is 0.653. The number of aliphatic hydroxyl groups excluding tert-OH is 1. The van der Waals surface area contributed by atoms with E-state index in [-0.39, 0.29) is 17.2 Å². The molecule has 0 saturated heterocycles. The Hall–Kier alpha value is -1.69. The average molecular weight is 279 g/mol. The number of nitro groups is 1. The average Bonchev–Trinajstić information content (AvgIpc) is 2.41. The first-order valence-electron chi connectivity index (χ1n) is 6.95. The van der Waals surface area contributed by atoms with Crippen LogP contribution >= 0.6 is 0 Å². The molecule has 0 bridgehead atoms. The Kier molecular flexibility index (Phi) is 4.23. The minimum absolute atomic E-state index is 0.00281. The molecular weight excluding hydrogens is 258 g/mol. The Morgan fingerprint density at radius 2 is 2.35 bits per heavy atom. The first kappa shape index (κ1) is 14.7. The molecule has 1 aliphatic rings. The SMILES string of the molecule is Cc1cc([N+](=O)[O-])cnc1NCC1(C)CCCCC1O. The summed E-state index contributed by atoms with van der Waals surface area (Å²) < 4.78 is 0. The highest BCUT2D eigenvalue weighted by Crippen LogP contribution is 2.36. The van der Waals surface area contributed by atoms with E-state index in [1.807, 2.05) is 0 Å². The van der Waals surface area contributed by atoms with Crippen LogP contribution in [0.25, 0.3) is 0 Å². The van der Waals surface area contributed by atoms with E-state index in [4.69, 9.17) is 0 Å². The third-order valence-electron chi connectivity index (χ3n) is 4.21. The molecule has 0 aliphatic heterocycles. The number of aromatic nitrogens is 1. The summed E-state index contributed by atoms with van der Waals surface area (Å²) in [5, 5.41) is 24.0. The molecule has 6 heteroatoms. The van der Waals surface area contributed by atoms with E-state index in [9.17, 15) is 15.2 Å². The molecule has 1 heterocycles. The van der Waals surface area contributed by atoms with Crippen LogP contribution in [0.15, 0.2) is 12.3 Å². The van der Waals surface area contributed by atoms with Gasteiger partial charge in [-0.1, -0.05) is 19.8 Å². The van der Waals surface area contributed by atoms with Gasteiger partial charge in [-0.15, -0.1) is 0 Å². The number of aryl methyl sites for hydroxylation is 1. The number of hydrogen-bond donors (Lipinski definition) is 2. The van der Waals surface area contributed by atoms with Crippen molar-refractivity contribution in [1.29, 1.82) is 0 Å². The summed E-state index contributed by atoms with van der Waals surface area (Å²) in [5.41, 5.74) is 0.582. The summed E-state index contributed by atoms with van der Waals surface area (Å²) in [4.78, 5) is 14.3. The zero-order valence-corrected chi connectivity index (χ0v) is 11.9. The summed E-state index contributed by atoms with van der Waals surface area (Å²) in [6.07, 6.45) is 4.97. The molecule has 20 heavy (non-hydrogen) atoms. The molecule has 110 valence electrons. The molecule has 2 unspecified atom stereocenters. The minimum atomic E-state index is -0.448. The largest absolute Gasteiger partial charge is 0.392 e. The van der Waals surface area contributed by atoms with Gasteiger partial charge in [-0.2, -0.15) is 0 Å². The van der Waals surface area contributed by atoms with Crippen LogP contribution in [0.1, 0.15) is 38.2 Å². The smallest absolute Gasteiger partial charge is 0.287 e. The molecule has 0 radical (unpaired) electrons. The lowest BCUT2D eigenvalue weighted by atomic mass is 9.73. The fourth-order valence-electron chi connectivity index (χ4n) is 2.72. The summed E-state index contributed by atoms with van der Waals surface area (Å²) in [5.74, 6) is 0.648. The monoisotopic (exact) mass is 279 g/mol. The molecule has 2 N–H and O–H groups in total. The van der Waals surface area contributed by atoms with Gasteiger partial charge < -0.3 is 10.4 Å². The van der Waals surface area contributed by atoms with Crippen molar-refractivity contribution in [1.82, 2.24) is 4.98 Å². The Morgan fingerprint density at radius 3 is 2.95 bits per heavy atom. The third kappa shape index (κ3) is 3.07. The molecule has 1 aromatic rings. The molecule has 0 aromatic carbocycles. The fourth-order valence-corrected chi connectivity index (χ4v) is 2.72. The molecule has 2 atom stereocenters. The number of nitrogens with zero attached hydrogens (tertiary/aromatic N) is 2. The van der Waals surface area contributed by atoms with Crippen molar-refractivity contribution in [2.45, 2.75) is 45.6 Å². The van der Waals surface area contributed by atoms with Crippen LogP contribution in [0.2, 0.25) is 0 Å². The molecule has 1 fully saturated rings. The lowest BCUT2D eigenvalue weighted by Crippen LogP contribution is -2.41. The first-order valence-corrected chi connectivity index (χ1v) is 6.95. The number of pyridine rings is 1. The van der Waals surface area contributed by atoms with Gasteiger partial charge in [0.1, 0.15) is 12.0 Å². The van der Waals surface area contributed by atoms with E-state index in [0.717, 1.165) is 31.2 Å². The molecule has 0 spiro atoms. The Labute approximate surface area is 118 Å². The van der Waals surface area contributed by atoms with E-state index >= 15 is 0 Å². The normalized spacial score (nSPS) is 26.2. The Balaban J connectivity index is 2.05. The highest BCUT2D eigenvalue weighted by atomic mass is 16.6. The highest BCUT2D eigenvalue weighted by molar-refractivity contribution is 5.48. The van der Waals surface area contributed by atoms with Gasteiger partial charge in [0.2, 0.25) is 0 Å². The Morgan fingerprint density at radius 1 is 1.60 bits per heavy atom. The van der Waals surface area contributed by atoms with Crippen LogP contribution in [0.3, 0.4) is 0 Å². The van der Waals surface area contributed by atoms with Crippen LogP contribution in [0, 0.1) is 22.5 Å². The third-order valence-corrected chi connectivity index (χ3v) is 4.21. The molecule has 2 rings (SSSR count). The van der Waals surface area contributed by atoms with Crippen molar-refractivity contribution in [3.63, 3.8) is 0 Å². The second-order valence-corrected chi connectivity index (χ2v) is 5.89. The summed E-state index contributed by atoms with van der Waals surface area (Å²) >= 11 is 0. The molecule has 6 nitrogen and oxygen atoms in total. The minimum Gasteiger partial charge on any atom is -0.392 e. The van der Waals surface area contributed by atoms with E-state index in [2.05, 4.69) is 17.2 Å². The van der Waals surface area contributed by atoms with Gasteiger partial charge in [-0.25, -0.2) is 4.98 Å². The molecular formula is C14H21N3O3. The van der Waals surface area contributed by atoms with Crippen molar-refractivity contribution >= 4 is 11.5 Å². The van der Waals surface area contributed by atoms with Crippen molar-refractivity contribution in [2.24, 2.45) is 5.41 Å². The predicted octanol–water partition coefficient (Wildman–Crippen LogP) is 2.65. The lowest BCUT2D eigenvalue weighted by molar-refractivity contribution is -0.385. The van der Waals surface area contributed by atoms with E-state index in [0.29, 0.717) is 12.4 Å². The van der Waals surface area contributed by atoms with Crippen molar-refractivity contribution in [3.8, 4) is 0 Å². The van der Waals surface area contributed by atoms with Crippen molar-refractivity contribution < 1.29 is 10.0 Å².